The third-order valence-electron chi connectivity index (χ3n) is 3.96. The maximum absolute atomic E-state index is 12.5. The van der Waals surface area contributed by atoms with Gasteiger partial charge >= 0.3 is 5.97 Å². The summed E-state index contributed by atoms with van der Waals surface area (Å²) in [7, 11) is 3.94. The molecular formula is C18H24N2O4. The number of hydrogen-bond donors (Lipinski definition) is 1. The topological polar surface area (TPSA) is 71.8 Å². The number of carboxylic acids is 1. The van der Waals surface area contributed by atoms with E-state index in [2.05, 4.69) is 0 Å². The molecule has 2 aromatic rings. The Hall–Kier alpha value is -2.34. The second kappa shape index (κ2) is 7.05. The minimum absolute atomic E-state index is 0.0169. The van der Waals surface area contributed by atoms with E-state index in [-0.39, 0.29) is 11.6 Å². The molecular weight excluding hydrogens is 308 g/mol. The summed E-state index contributed by atoms with van der Waals surface area (Å²) >= 11 is 0. The zero-order valence-electron chi connectivity index (χ0n) is 14.8. The summed E-state index contributed by atoms with van der Waals surface area (Å²) in [6.07, 6.45) is 0. The van der Waals surface area contributed by atoms with E-state index in [4.69, 9.17) is 4.74 Å². The van der Waals surface area contributed by atoms with Gasteiger partial charge in [0.05, 0.1) is 5.52 Å². The molecule has 0 amide bonds. The van der Waals surface area contributed by atoms with Gasteiger partial charge in [-0.1, -0.05) is 0 Å². The lowest BCUT2D eigenvalue weighted by atomic mass is 10.1. The van der Waals surface area contributed by atoms with Crippen LogP contribution in [0.25, 0.3) is 10.9 Å². The summed E-state index contributed by atoms with van der Waals surface area (Å²) in [6.45, 7) is 6.91. The third kappa shape index (κ3) is 3.43. The molecule has 6 heteroatoms. The Balaban J connectivity index is 2.62. The van der Waals surface area contributed by atoms with Crippen molar-refractivity contribution in [1.29, 1.82) is 0 Å². The van der Waals surface area contributed by atoms with E-state index in [1.807, 2.05) is 43.5 Å². The van der Waals surface area contributed by atoms with Crippen molar-refractivity contribution in [3.05, 3.63) is 39.7 Å². The molecule has 0 bridgehead atoms. The molecule has 0 atom stereocenters. The number of pyridine rings is 1. The fourth-order valence-corrected chi connectivity index (χ4v) is 2.86. The molecule has 0 aliphatic rings. The number of likely N-dealkylation sites (N-methyl/N-ethyl adjacent to an activating group) is 1. The number of ether oxygens (including phenoxy) is 1. The van der Waals surface area contributed by atoms with Gasteiger partial charge in [0.15, 0.2) is 0 Å². The van der Waals surface area contributed by atoms with Crippen LogP contribution < -0.4 is 10.2 Å². The number of fused-ring (bicyclic) bond motifs is 1. The Morgan fingerprint density at radius 1 is 1.33 bits per heavy atom. The lowest BCUT2D eigenvalue weighted by Gasteiger charge is -2.21. The highest BCUT2D eigenvalue weighted by Gasteiger charge is 2.20. The van der Waals surface area contributed by atoms with Gasteiger partial charge in [-0.15, -0.1) is 0 Å². The summed E-state index contributed by atoms with van der Waals surface area (Å²) in [5, 5.41) is 9.79. The van der Waals surface area contributed by atoms with E-state index >= 15 is 0 Å². The van der Waals surface area contributed by atoms with E-state index in [9.17, 15) is 14.7 Å². The highest BCUT2D eigenvalue weighted by atomic mass is 16.5. The Morgan fingerprint density at radius 2 is 2.00 bits per heavy atom. The van der Waals surface area contributed by atoms with Crippen LogP contribution in [0.5, 0.6) is 5.75 Å². The molecule has 130 valence electrons. The monoisotopic (exact) mass is 332 g/mol. The maximum Gasteiger partial charge on any atom is 0.341 e. The summed E-state index contributed by atoms with van der Waals surface area (Å²) < 4.78 is 7.62. The number of aromatic carboxylic acids is 1. The first kappa shape index (κ1) is 18.0. The summed E-state index contributed by atoms with van der Waals surface area (Å²) in [5.74, 6) is -0.527. The van der Waals surface area contributed by atoms with Crippen molar-refractivity contribution in [2.24, 2.45) is 0 Å². The normalized spacial score (nSPS) is 11.5. The number of carboxylic acid groups (broad SMARTS) is 1. The first-order valence-electron chi connectivity index (χ1n) is 7.93. The van der Waals surface area contributed by atoms with E-state index in [1.165, 1.54) is 0 Å². The first-order valence-corrected chi connectivity index (χ1v) is 7.93. The number of nitrogens with zero attached hydrogens (tertiary/aromatic N) is 2. The summed E-state index contributed by atoms with van der Waals surface area (Å²) in [6, 6.07) is 5.19. The Bertz CT molecular complexity index is 822. The lowest BCUT2D eigenvalue weighted by molar-refractivity contribution is 0.0694. The highest BCUT2D eigenvalue weighted by molar-refractivity contribution is 5.94. The van der Waals surface area contributed by atoms with Crippen LogP contribution >= 0.6 is 0 Å². The fraction of sp³-hybridized carbons (Fsp3) is 0.444. The molecule has 1 aromatic carbocycles. The van der Waals surface area contributed by atoms with Crippen molar-refractivity contribution in [1.82, 2.24) is 9.47 Å². The number of hydrogen-bond acceptors (Lipinski definition) is 4. The minimum Gasteiger partial charge on any atom is -0.492 e. The number of aromatic nitrogens is 1. The van der Waals surface area contributed by atoms with Gasteiger partial charge in [-0.25, -0.2) is 4.79 Å². The van der Waals surface area contributed by atoms with E-state index in [1.54, 1.807) is 19.1 Å². The molecule has 0 aliphatic carbocycles. The molecule has 0 saturated carbocycles. The van der Waals surface area contributed by atoms with Crippen LogP contribution in [-0.4, -0.2) is 47.8 Å². The van der Waals surface area contributed by atoms with Crippen molar-refractivity contribution < 1.29 is 14.6 Å². The molecule has 1 heterocycles. The van der Waals surface area contributed by atoms with Crippen LogP contribution in [-0.2, 0) is 0 Å². The van der Waals surface area contributed by atoms with Crippen LogP contribution in [0.2, 0.25) is 0 Å². The largest absolute Gasteiger partial charge is 0.492 e. The molecule has 0 unspecified atom stereocenters. The summed E-state index contributed by atoms with van der Waals surface area (Å²) in [4.78, 5) is 26.1. The Kier molecular flexibility index (Phi) is 5.29. The molecule has 6 nitrogen and oxygen atoms in total. The molecule has 0 fully saturated rings. The molecule has 0 aliphatic heterocycles. The standard InChI is InChI=1S/C18H24N2O4/c1-11(2)20-12(3)16(18(22)23)17(21)14-7-6-13(10-15(14)20)24-9-8-19(4)5/h6-7,10-11H,8-9H2,1-5H3,(H,22,23). The second-order valence-electron chi connectivity index (χ2n) is 6.39. The molecule has 24 heavy (non-hydrogen) atoms. The van der Waals surface area contributed by atoms with Gasteiger partial charge in [0.25, 0.3) is 0 Å². The van der Waals surface area contributed by atoms with Crippen LogP contribution in [0.3, 0.4) is 0 Å². The van der Waals surface area contributed by atoms with E-state index in [0.29, 0.717) is 29.0 Å². The average molecular weight is 332 g/mol. The number of benzene rings is 1. The molecule has 0 radical (unpaired) electrons. The molecule has 0 spiro atoms. The predicted molar refractivity (Wildman–Crippen MR) is 94.3 cm³/mol. The van der Waals surface area contributed by atoms with Gasteiger partial charge in [-0.2, -0.15) is 0 Å². The zero-order valence-corrected chi connectivity index (χ0v) is 14.8. The maximum atomic E-state index is 12.5. The van der Waals surface area contributed by atoms with Crippen molar-refractivity contribution in [2.45, 2.75) is 26.8 Å². The zero-order chi connectivity index (χ0) is 18.0. The molecule has 1 aromatic heterocycles. The van der Waals surface area contributed by atoms with Crippen molar-refractivity contribution in [3.63, 3.8) is 0 Å². The van der Waals surface area contributed by atoms with Gasteiger partial charge in [-0.05, 0) is 47.0 Å². The van der Waals surface area contributed by atoms with Crippen molar-refractivity contribution in [3.8, 4) is 5.75 Å². The molecule has 2 rings (SSSR count). The van der Waals surface area contributed by atoms with Crippen LogP contribution in [0.4, 0.5) is 0 Å². The van der Waals surface area contributed by atoms with Crippen LogP contribution in [0.1, 0.15) is 35.9 Å². The highest BCUT2D eigenvalue weighted by Crippen LogP contribution is 2.25. The number of carbonyl (C=O) groups is 1. The number of rotatable bonds is 6. The van der Waals surface area contributed by atoms with Gasteiger partial charge in [0.1, 0.15) is 17.9 Å². The van der Waals surface area contributed by atoms with Crippen molar-refractivity contribution in [2.75, 3.05) is 27.2 Å². The Morgan fingerprint density at radius 3 is 2.54 bits per heavy atom. The SMILES string of the molecule is Cc1c(C(=O)O)c(=O)c2ccc(OCCN(C)C)cc2n1C(C)C. The lowest BCUT2D eigenvalue weighted by Crippen LogP contribution is -2.23. The minimum atomic E-state index is -1.19. The van der Waals surface area contributed by atoms with Gasteiger partial charge < -0.3 is 19.3 Å². The average Bonchev–Trinajstić information content (AvgIpc) is 2.45. The van der Waals surface area contributed by atoms with Crippen LogP contribution in [0, 0.1) is 6.92 Å². The van der Waals surface area contributed by atoms with Gasteiger partial charge in [-0.3, -0.25) is 4.79 Å². The fourth-order valence-electron chi connectivity index (χ4n) is 2.86. The van der Waals surface area contributed by atoms with Gasteiger partial charge in [0, 0.05) is 29.7 Å². The molecule has 0 saturated heterocycles. The van der Waals surface area contributed by atoms with Gasteiger partial charge in [0.2, 0.25) is 5.43 Å². The van der Waals surface area contributed by atoms with E-state index < -0.39 is 11.4 Å². The quantitative estimate of drug-likeness (QED) is 0.880. The summed E-state index contributed by atoms with van der Waals surface area (Å²) in [5.41, 5.74) is 0.532. The van der Waals surface area contributed by atoms with Crippen molar-refractivity contribution >= 4 is 16.9 Å². The van der Waals surface area contributed by atoms with Crippen LogP contribution in [0.15, 0.2) is 23.0 Å². The predicted octanol–water partition coefficient (Wildman–Crippen LogP) is 2.53. The first-order chi connectivity index (χ1) is 11.2. The third-order valence-corrected chi connectivity index (χ3v) is 3.96. The van der Waals surface area contributed by atoms with E-state index in [0.717, 1.165) is 6.54 Å². The molecule has 1 N–H and O–H groups in total. The Labute approximate surface area is 141 Å². The smallest absolute Gasteiger partial charge is 0.341 e. The second-order valence-corrected chi connectivity index (χ2v) is 6.39.